The van der Waals surface area contributed by atoms with Crippen LogP contribution in [0.4, 0.5) is 4.39 Å². The van der Waals surface area contributed by atoms with Crippen LogP contribution in [0, 0.1) is 5.82 Å². The number of carbonyl (C=O) groups excluding carboxylic acids is 2. The molecule has 114 valence electrons. The summed E-state index contributed by atoms with van der Waals surface area (Å²) in [6.07, 6.45) is 4.28. The number of pyridine rings is 1. The quantitative estimate of drug-likeness (QED) is 0.475. The fourth-order valence-corrected chi connectivity index (χ4v) is 3.24. The second kappa shape index (κ2) is 6.39. The van der Waals surface area contributed by atoms with Crippen LogP contribution in [0.5, 0.6) is 0 Å². The van der Waals surface area contributed by atoms with Crippen LogP contribution in [0.2, 0.25) is 0 Å². The molecule has 1 aromatic carbocycles. The number of imide groups is 1. The number of thioether (sulfide) groups is 1. The molecule has 2 heterocycles. The van der Waals surface area contributed by atoms with Crippen molar-refractivity contribution in [3.05, 3.63) is 70.6 Å². The monoisotopic (exact) mass is 344 g/mol. The predicted molar refractivity (Wildman–Crippen MR) is 90.0 cm³/mol. The number of amides is 2. The van der Waals surface area contributed by atoms with E-state index in [1.54, 1.807) is 30.3 Å². The molecule has 0 spiro atoms. The molecule has 2 aromatic rings. The molecular formula is C16H9FN2O2S2. The molecule has 1 saturated heterocycles. The van der Waals surface area contributed by atoms with Gasteiger partial charge in [-0.25, -0.2) is 9.29 Å². The Balaban J connectivity index is 1.92. The first kappa shape index (κ1) is 15.5. The zero-order valence-electron chi connectivity index (χ0n) is 11.6. The summed E-state index contributed by atoms with van der Waals surface area (Å²) in [5.74, 6) is -1.55. The highest BCUT2D eigenvalue weighted by molar-refractivity contribution is 8.26. The zero-order valence-corrected chi connectivity index (χ0v) is 13.2. The Kier molecular flexibility index (Phi) is 4.31. The van der Waals surface area contributed by atoms with Crippen molar-refractivity contribution < 1.29 is 14.0 Å². The highest BCUT2D eigenvalue weighted by atomic mass is 32.2. The number of halogens is 1. The van der Waals surface area contributed by atoms with Crippen molar-refractivity contribution in [3.63, 3.8) is 0 Å². The van der Waals surface area contributed by atoms with E-state index in [9.17, 15) is 14.0 Å². The maximum Gasteiger partial charge on any atom is 0.273 e. The number of aromatic nitrogens is 1. The van der Waals surface area contributed by atoms with Crippen LogP contribution in [-0.4, -0.2) is 26.0 Å². The Morgan fingerprint density at radius 2 is 2.04 bits per heavy atom. The Morgan fingerprint density at radius 3 is 2.74 bits per heavy atom. The van der Waals surface area contributed by atoms with Gasteiger partial charge in [-0.15, -0.1) is 0 Å². The average Bonchev–Trinajstić information content (AvgIpc) is 2.84. The SMILES string of the molecule is O=C1/C(=C\c2ccccc2F)SC(=S)N1C(=O)c1cccnc1. The molecule has 0 bridgehead atoms. The summed E-state index contributed by atoms with van der Waals surface area (Å²) < 4.78 is 13.8. The summed E-state index contributed by atoms with van der Waals surface area (Å²) in [6.45, 7) is 0. The van der Waals surface area contributed by atoms with E-state index in [2.05, 4.69) is 4.98 Å². The molecule has 3 rings (SSSR count). The molecule has 1 aromatic heterocycles. The van der Waals surface area contributed by atoms with Crippen LogP contribution in [-0.2, 0) is 4.79 Å². The summed E-state index contributed by atoms with van der Waals surface area (Å²) >= 11 is 6.08. The highest BCUT2D eigenvalue weighted by Crippen LogP contribution is 2.33. The number of carbonyl (C=O) groups is 2. The van der Waals surface area contributed by atoms with Gasteiger partial charge in [0.15, 0.2) is 4.32 Å². The van der Waals surface area contributed by atoms with Crippen molar-refractivity contribution in [2.45, 2.75) is 0 Å². The summed E-state index contributed by atoms with van der Waals surface area (Å²) in [4.78, 5) is 29.8. The van der Waals surface area contributed by atoms with E-state index in [-0.39, 0.29) is 20.4 Å². The van der Waals surface area contributed by atoms with E-state index >= 15 is 0 Å². The van der Waals surface area contributed by atoms with Crippen LogP contribution < -0.4 is 0 Å². The van der Waals surface area contributed by atoms with Crippen molar-refractivity contribution in [1.29, 1.82) is 0 Å². The first-order valence-corrected chi connectivity index (χ1v) is 7.77. The largest absolute Gasteiger partial charge is 0.273 e. The van der Waals surface area contributed by atoms with Gasteiger partial charge in [-0.3, -0.25) is 14.6 Å². The second-order valence-electron chi connectivity index (χ2n) is 4.59. The van der Waals surface area contributed by atoms with E-state index in [1.165, 1.54) is 24.5 Å². The molecule has 1 fully saturated rings. The topological polar surface area (TPSA) is 50.3 Å². The fourth-order valence-electron chi connectivity index (χ4n) is 1.99. The van der Waals surface area contributed by atoms with Crippen molar-refractivity contribution in [3.8, 4) is 0 Å². The maximum atomic E-state index is 13.7. The van der Waals surface area contributed by atoms with Crippen molar-refractivity contribution in [2.75, 3.05) is 0 Å². The van der Waals surface area contributed by atoms with Gasteiger partial charge in [-0.05, 0) is 24.3 Å². The smallest absolute Gasteiger partial charge is 0.268 e. The van der Waals surface area contributed by atoms with Gasteiger partial charge in [-0.2, -0.15) is 0 Å². The van der Waals surface area contributed by atoms with Crippen molar-refractivity contribution in [1.82, 2.24) is 9.88 Å². The molecule has 0 saturated carbocycles. The average molecular weight is 344 g/mol. The summed E-state index contributed by atoms with van der Waals surface area (Å²) in [6, 6.07) is 9.22. The van der Waals surface area contributed by atoms with Crippen molar-refractivity contribution in [2.24, 2.45) is 0 Å². The number of thiocarbonyl (C=S) groups is 1. The molecule has 1 aliphatic heterocycles. The van der Waals surface area contributed by atoms with Gasteiger partial charge in [0.05, 0.1) is 10.5 Å². The van der Waals surface area contributed by atoms with Crippen molar-refractivity contribution >= 4 is 46.2 Å². The minimum absolute atomic E-state index is 0.117. The molecule has 4 nitrogen and oxygen atoms in total. The van der Waals surface area contributed by atoms with Gasteiger partial charge in [-0.1, -0.05) is 42.2 Å². The normalized spacial score (nSPS) is 16.2. The van der Waals surface area contributed by atoms with Crippen LogP contribution in [0.1, 0.15) is 15.9 Å². The fraction of sp³-hybridized carbons (Fsp3) is 0. The predicted octanol–water partition coefficient (Wildman–Crippen LogP) is 3.26. The van der Waals surface area contributed by atoms with Gasteiger partial charge >= 0.3 is 0 Å². The number of rotatable bonds is 2. The lowest BCUT2D eigenvalue weighted by molar-refractivity contribution is -0.120. The lowest BCUT2D eigenvalue weighted by atomic mass is 10.2. The van der Waals surface area contributed by atoms with Crippen LogP contribution in [0.15, 0.2) is 53.7 Å². The minimum atomic E-state index is -0.558. The van der Waals surface area contributed by atoms with Crippen LogP contribution in [0.3, 0.4) is 0 Å². The number of hydrogen-bond donors (Lipinski definition) is 0. The first-order chi connectivity index (χ1) is 11.1. The third-order valence-corrected chi connectivity index (χ3v) is 4.40. The minimum Gasteiger partial charge on any atom is -0.268 e. The molecule has 1 aliphatic rings. The third kappa shape index (κ3) is 3.06. The summed E-state index contributed by atoms with van der Waals surface area (Å²) in [5.41, 5.74) is 0.526. The molecule has 23 heavy (non-hydrogen) atoms. The van der Waals surface area contributed by atoms with E-state index < -0.39 is 17.6 Å². The molecule has 0 N–H and O–H groups in total. The number of nitrogens with zero attached hydrogens (tertiary/aromatic N) is 2. The Hall–Kier alpha value is -2.38. The Bertz CT molecular complexity index is 837. The lowest BCUT2D eigenvalue weighted by Crippen LogP contribution is -2.34. The Morgan fingerprint density at radius 1 is 1.26 bits per heavy atom. The summed E-state index contributed by atoms with van der Waals surface area (Å²) in [5, 5.41) is 0. The first-order valence-electron chi connectivity index (χ1n) is 6.55. The lowest BCUT2D eigenvalue weighted by Gasteiger charge is -2.11. The molecule has 7 heteroatoms. The van der Waals surface area contributed by atoms with E-state index in [0.29, 0.717) is 0 Å². The molecule has 0 atom stereocenters. The number of benzene rings is 1. The molecule has 0 aliphatic carbocycles. The van der Waals surface area contributed by atoms with Gasteiger partial charge < -0.3 is 0 Å². The molecule has 2 amide bonds. The van der Waals surface area contributed by atoms with E-state index in [0.717, 1.165) is 16.7 Å². The van der Waals surface area contributed by atoms with Gasteiger partial charge in [0.1, 0.15) is 5.82 Å². The summed E-state index contributed by atoms with van der Waals surface area (Å²) in [7, 11) is 0. The van der Waals surface area contributed by atoms with E-state index in [1.807, 2.05) is 0 Å². The molecule has 0 radical (unpaired) electrons. The molecule has 0 unspecified atom stereocenters. The van der Waals surface area contributed by atoms with Gasteiger partial charge in [0.25, 0.3) is 11.8 Å². The standard InChI is InChI=1S/C16H9FN2O2S2/c17-12-6-2-1-4-10(12)8-13-15(21)19(16(22)23-13)14(20)11-5-3-7-18-9-11/h1-9H/b13-8+. The van der Waals surface area contributed by atoms with Gasteiger partial charge in [0, 0.05) is 18.0 Å². The third-order valence-electron chi connectivity index (χ3n) is 3.10. The zero-order chi connectivity index (χ0) is 16.4. The number of hydrogen-bond acceptors (Lipinski definition) is 5. The maximum absolute atomic E-state index is 13.7. The Labute approximate surface area is 141 Å². The van der Waals surface area contributed by atoms with Crippen LogP contribution in [0.25, 0.3) is 6.08 Å². The molecular weight excluding hydrogens is 335 g/mol. The van der Waals surface area contributed by atoms with E-state index in [4.69, 9.17) is 12.2 Å². The second-order valence-corrected chi connectivity index (χ2v) is 6.26. The van der Waals surface area contributed by atoms with Gasteiger partial charge in [0.2, 0.25) is 0 Å². The van der Waals surface area contributed by atoms with Crippen LogP contribution >= 0.6 is 24.0 Å². The highest BCUT2D eigenvalue weighted by Gasteiger charge is 2.37.